The lowest BCUT2D eigenvalue weighted by Crippen LogP contribution is -2.33. The van der Waals surface area contributed by atoms with Gasteiger partial charge in [-0.25, -0.2) is 8.42 Å². The van der Waals surface area contributed by atoms with Crippen LogP contribution in [0.3, 0.4) is 0 Å². The van der Waals surface area contributed by atoms with E-state index in [1.165, 1.54) is 0 Å². The smallest absolute Gasteiger partial charge is 0.256 e. The van der Waals surface area contributed by atoms with Gasteiger partial charge in [0.2, 0.25) is 0 Å². The normalized spacial score (nSPS) is 11.9. The molecular weight excluding hydrogens is 304 g/mol. The van der Waals surface area contributed by atoms with Gasteiger partial charge >= 0.3 is 0 Å². The Morgan fingerprint density at radius 1 is 1.23 bits per heavy atom. The molecule has 7 heteroatoms. The van der Waals surface area contributed by atoms with Crippen molar-refractivity contribution in [3.63, 3.8) is 0 Å². The molecule has 1 aromatic heterocycles. The summed E-state index contributed by atoms with van der Waals surface area (Å²) in [6.07, 6.45) is 3.03. The summed E-state index contributed by atoms with van der Waals surface area (Å²) in [7, 11) is -3.19. The van der Waals surface area contributed by atoms with E-state index in [9.17, 15) is 13.2 Å². The van der Waals surface area contributed by atoms with E-state index in [-0.39, 0.29) is 23.5 Å². The number of aromatic nitrogens is 1. The van der Waals surface area contributed by atoms with E-state index in [1.54, 1.807) is 13.8 Å². The van der Waals surface area contributed by atoms with E-state index in [0.717, 1.165) is 12.8 Å². The molecule has 0 aliphatic carbocycles. The van der Waals surface area contributed by atoms with Gasteiger partial charge in [-0.3, -0.25) is 4.79 Å². The first-order valence-corrected chi connectivity index (χ1v) is 9.47. The maximum Gasteiger partial charge on any atom is 0.256 e. The molecule has 0 bridgehead atoms. The summed E-state index contributed by atoms with van der Waals surface area (Å²) in [5.74, 6) is 0.0638. The lowest BCUT2D eigenvalue weighted by atomic mass is 10.2. The van der Waals surface area contributed by atoms with Crippen molar-refractivity contribution in [2.45, 2.75) is 58.6 Å². The zero-order valence-corrected chi connectivity index (χ0v) is 14.6. The number of nitrogens with one attached hydrogen (secondary N) is 1. The Labute approximate surface area is 132 Å². The predicted octanol–water partition coefficient (Wildman–Crippen LogP) is 2.40. The van der Waals surface area contributed by atoms with Crippen molar-refractivity contribution >= 4 is 15.7 Å². The summed E-state index contributed by atoms with van der Waals surface area (Å²) in [5, 5.41) is 6.05. The number of amides is 1. The number of rotatable bonds is 9. The summed E-state index contributed by atoms with van der Waals surface area (Å²) in [6.45, 7) is 7.41. The van der Waals surface area contributed by atoms with Crippen molar-refractivity contribution in [3.05, 3.63) is 17.0 Å². The highest BCUT2D eigenvalue weighted by Gasteiger charge is 2.24. The third kappa shape index (κ3) is 4.83. The zero-order chi connectivity index (χ0) is 16.8. The van der Waals surface area contributed by atoms with E-state index >= 15 is 0 Å². The standard InChI is InChI=1S/C15H26N2O4S/c1-5-7-13(8-6-2)22(19,20)10-9-16-15(18)14-11(3)17-21-12(14)4/h13H,5-10H2,1-4H3,(H,16,18). The van der Waals surface area contributed by atoms with Gasteiger partial charge in [-0.1, -0.05) is 31.8 Å². The third-order valence-corrected chi connectivity index (χ3v) is 5.92. The highest BCUT2D eigenvalue weighted by Crippen LogP contribution is 2.16. The molecule has 1 rings (SSSR count). The first kappa shape index (κ1) is 18.7. The summed E-state index contributed by atoms with van der Waals surface area (Å²) in [5.41, 5.74) is 0.892. The molecule has 6 nitrogen and oxygen atoms in total. The van der Waals surface area contributed by atoms with Gasteiger partial charge in [0.15, 0.2) is 9.84 Å². The Kier molecular flexibility index (Phi) is 7.06. The molecule has 0 saturated heterocycles. The largest absolute Gasteiger partial charge is 0.361 e. The van der Waals surface area contributed by atoms with E-state index < -0.39 is 9.84 Å². The fourth-order valence-electron chi connectivity index (χ4n) is 2.52. The predicted molar refractivity (Wildman–Crippen MR) is 85.7 cm³/mol. The first-order chi connectivity index (χ1) is 10.3. The average Bonchev–Trinajstić information content (AvgIpc) is 2.77. The molecular formula is C15H26N2O4S. The van der Waals surface area contributed by atoms with Crippen molar-refractivity contribution in [1.29, 1.82) is 0 Å². The van der Waals surface area contributed by atoms with Crippen LogP contribution in [0.4, 0.5) is 0 Å². The van der Waals surface area contributed by atoms with E-state index in [4.69, 9.17) is 4.52 Å². The van der Waals surface area contributed by atoms with Crippen LogP contribution < -0.4 is 5.32 Å². The van der Waals surface area contributed by atoms with Gasteiger partial charge in [0.1, 0.15) is 11.3 Å². The molecule has 0 aromatic carbocycles. The molecule has 0 saturated carbocycles. The highest BCUT2D eigenvalue weighted by atomic mass is 32.2. The molecule has 0 radical (unpaired) electrons. The maximum absolute atomic E-state index is 12.3. The van der Waals surface area contributed by atoms with Gasteiger partial charge in [-0.2, -0.15) is 0 Å². The van der Waals surface area contributed by atoms with Crippen LogP contribution in [0.25, 0.3) is 0 Å². The summed E-state index contributed by atoms with van der Waals surface area (Å²) in [6, 6.07) is 0. The minimum atomic E-state index is -3.19. The number of nitrogens with zero attached hydrogens (tertiary/aromatic N) is 1. The molecule has 1 heterocycles. The molecule has 1 amide bonds. The lowest BCUT2D eigenvalue weighted by molar-refractivity contribution is 0.0954. The Bertz CT molecular complexity index is 567. The van der Waals surface area contributed by atoms with Crippen LogP contribution in [0.15, 0.2) is 4.52 Å². The summed E-state index contributed by atoms with van der Waals surface area (Å²) < 4.78 is 29.6. The van der Waals surface area contributed by atoms with Crippen LogP contribution in [0, 0.1) is 13.8 Å². The molecule has 0 aliphatic rings. The fraction of sp³-hybridized carbons (Fsp3) is 0.733. The van der Waals surface area contributed by atoms with Crippen molar-refractivity contribution in [3.8, 4) is 0 Å². The minimum absolute atomic E-state index is 0.0349. The Morgan fingerprint density at radius 3 is 2.27 bits per heavy atom. The SMILES string of the molecule is CCCC(CCC)S(=O)(=O)CCNC(=O)c1c(C)noc1C. The molecule has 1 aromatic rings. The highest BCUT2D eigenvalue weighted by molar-refractivity contribution is 7.92. The molecule has 0 fully saturated rings. The molecule has 0 atom stereocenters. The van der Waals surface area contributed by atoms with E-state index in [0.29, 0.717) is 29.9 Å². The second-order valence-electron chi connectivity index (χ2n) is 5.52. The van der Waals surface area contributed by atoms with Gasteiger partial charge in [0.25, 0.3) is 5.91 Å². The second kappa shape index (κ2) is 8.31. The van der Waals surface area contributed by atoms with Crippen LogP contribution in [0.5, 0.6) is 0 Å². The lowest BCUT2D eigenvalue weighted by Gasteiger charge is -2.16. The second-order valence-corrected chi connectivity index (χ2v) is 7.92. The summed E-state index contributed by atoms with van der Waals surface area (Å²) >= 11 is 0. The topological polar surface area (TPSA) is 89.3 Å². The average molecular weight is 330 g/mol. The van der Waals surface area contributed by atoms with E-state index in [2.05, 4.69) is 10.5 Å². The van der Waals surface area contributed by atoms with Crippen LogP contribution in [0.1, 0.15) is 61.3 Å². The molecule has 22 heavy (non-hydrogen) atoms. The van der Waals surface area contributed by atoms with Crippen LogP contribution in [-0.4, -0.2) is 37.0 Å². The van der Waals surface area contributed by atoms with Crippen LogP contribution >= 0.6 is 0 Å². The maximum atomic E-state index is 12.3. The summed E-state index contributed by atoms with van der Waals surface area (Å²) in [4.78, 5) is 12.0. The number of sulfone groups is 1. The van der Waals surface area contributed by atoms with Crippen molar-refractivity contribution in [2.75, 3.05) is 12.3 Å². The Morgan fingerprint density at radius 2 is 1.82 bits per heavy atom. The molecule has 0 spiro atoms. The van der Waals surface area contributed by atoms with Gasteiger partial charge in [-0.15, -0.1) is 0 Å². The monoisotopic (exact) mass is 330 g/mol. The first-order valence-electron chi connectivity index (χ1n) is 7.76. The number of carbonyl (C=O) groups is 1. The van der Waals surface area contributed by atoms with Gasteiger partial charge in [0, 0.05) is 6.54 Å². The molecule has 0 aliphatic heterocycles. The number of carbonyl (C=O) groups excluding carboxylic acids is 1. The number of hydrogen-bond donors (Lipinski definition) is 1. The molecule has 0 unspecified atom stereocenters. The van der Waals surface area contributed by atoms with Crippen molar-refractivity contribution < 1.29 is 17.7 Å². The van der Waals surface area contributed by atoms with Crippen LogP contribution in [0.2, 0.25) is 0 Å². The number of aryl methyl sites for hydroxylation is 2. The molecule has 1 N–H and O–H groups in total. The zero-order valence-electron chi connectivity index (χ0n) is 13.8. The Balaban J connectivity index is 2.60. The third-order valence-electron chi connectivity index (χ3n) is 3.66. The van der Waals surface area contributed by atoms with Gasteiger partial charge in [0.05, 0.1) is 16.7 Å². The van der Waals surface area contributed by atoms with Crippen molar-refractivity contribution in [2.24, 2.45) is 0 Å². The van der Waals surface area contributed by atoms with E-state index in [1.807, 2.05) is 13.8 Å². The fourth-order valence-corrected chi connectivity index (χ4v) is 4.43. The quantitative estimate of drug-likeness (QED) is 0.751. The number of hydrogen-bond acceptors (Lipinski definition) is 5. The Hall–Kier alpha value is -1.37. The molecule has 126 valence electrons. The van der Waals surface area contributed by atoms with Gasteiger partial charge in [-0.05, 0) is 26.7 Å². The van der Waals surface area contributed by atoms with Gasteiger partial charge < -0.3 is 9.84 Å². The van der Waals surface area contributed by atoms with Crippen LogP contribution in [-0.2, 0) is 9.84 Å². The van der Waals surface area contributed by atoms with Crippen molar-refractivity contribution in [1.82, 2.24) is 10.5 Å². The minimum Gasteiger partial charge on any atom is -0.361 e.